The molecule has 1 atom stereocenters. The van der Waals surface area contributed by atoms with E-state index in [0.29, 0.717) is 5.01 Å². The number of furan rings is 1. The lowest BCUT2D eigenvalue weighted by molar-refractivity contribution is 0.244. The number of aliphatic hydroxyl groups is 1. The molecule has 0 aromatic carbocycles. The first-order valence-corrected chi connectivity index (χ1v) is 8.34. The van der Waals surface area contributed by atoms with Gasteiger partial charge in [-0.3, -0.25) is 0 Å². The van der Waals surface area contributed by atoms with Gasteiger partial charge in [0.2, 0.25) is 10.0 Å². The Kier molecular flexibility index (Phi) is 4.28. The molecule has 0 amide bonds. The Morgan fingerprint density at radius 1 is 1.50 bits per heavy atom. The van der Waals surface area contributed by atoms with E-state index in [1.807, 2.05) is 12.3 Å². The number of hydrogen-bond donors (Lipinski definition) is 2. The Morgan fingerprint density at radius 3 is 2.70 bits per heavy atom. The molecule has 6 nitrogen and oxygen atoms in total. The largest absolute Gasteiger partial charge is 0.462 e. The number of aromatic nitrogens is 1. The summed E-state index contributed by atoms with van der Waals surface area (Å²) in [6.07, 6.45) is 0. The Hall–Kier alpha value is -1.22. The van der Waals surface area contributed by atoms with Gasteiger partial charge in [-0.15, -0.1) is 11.3 Å². The number of hydrogen-bond acceptors (Lipinski definition) is 6. The van der Waals surface area contributed by atoms with E-state index in [1.54, 1.807) is 13.8 Å². The molecule has 2 heterocycles. The van der Waals surface area contributed by atoms with Crippen LogP contribution in [0, 0.1) is 13.8 Å². The molecule has 0 saturated carbocycles. The van der Waals surface area contributed by atoms with Crippen LogP contribution in [0.3, 0.4) is 0 Å². The second kappa shape index (κ2) is 5.65. The van der Waals surface area contributed by atoms with Gasteiger partial charge in [0, 0.05) is 17.1 Å². The summed E-state index contributed by atoms with van der Waals surface area (Å²) in [5.74, 6) is 0.477. The molecule has 0 bridgehead atoms. The van der Waals surface area contributed by atoms with Crippen molar-refractivity contribution in [3.05, 3.63) is 33.7 Å². The van der Waals surface area contributed by atoms with E-state index >= 15 is 0 Å². The number of nitrogens with zero attached hydrogens (tertiary/aromatic N) is 1. The van der Waals surface area contributed by atoms with Gasteiger partial charge in [-0.1, -0.05) is 0 Å². The first kappa shape index (κ1) is 15.2. The third-order valence-corrected chi connectivity index (χ3v) is 5.50. The molecule has 0 aliphatic rings. The lowest BCUT2D eigenvalue weighted by atomic mass is 10.4. The van der Waals surface area contributed by atoms with Gasteiger partial charge in [0.05, 0.1) is 6.04 Å². The minimum Gasteiger partial charge on any atom is -0.462 e. The summed E-state index contributed by atoms with van der Waals surface area (Å²) in [4.78, 5) is 4.30. The average Bonchev–Trinajstić information content (AvgIpc) is 2.95. The number of aryl methyl sites for hydroxylation is 2. The summed E-state index contributed by atoms with van der Waals surface area (Å²) in [5.41, 5.74) is 0.859. The van der Waals surface area contributed by atoms with E-state index in [1.165, 1.54) is 17.4 Å². The van der Waals surface area contributed by atoms with Crippen LogP contribution >= 0.6 is 11.3 Å². The quantitative estimate of drug-likeness (QED) is 0.878. The van der Waals surface area contributed by atoms with Crippen LogP contribution in [-0.2, 0) is 16.6 Å². The van der Waals surface area contributed by atoms with Crippen molar-refractivity contribution < 1.29 is 17.9 Å². The van der Waals surface area contributed by atoms with Crippen LogP contribution in [-0.4, -0.2) is 18.5 Å². The fourth-order valence-corrected chi connectivity index (χ4v) is 4.08. The smallest absolute Gasteiger partial charge is 0.244 e. The van der Waals surface area contributed by atoms with E-state index in [4.69, 9.17) is 9.52 Å². The number of nitrogens with one attached hydrogen (secondary N) is 1. The van der Waals surface area contributed by atoms with Gasteiger partial charge in [0.1, 0.15) is 28.0 Å². The molecule has 20 heavy (non-hydrogen) atoms. The minimum absolute atomic E-state index is 0.0432. The van der Waals surface area contributed by atoms with Gasteiger partial charge >= 0.3 is 0 Å². The summed E-state index contributed by atoms with van der Waals surface area (Å²) in [6, 6.07) is 0.905. The van der Waals surface area contributed by atoms with Crippen molar-refractivity contribution in [2.75, 3.05) is 0 Å². The topological polar surface area (TPSA) is 92.4 Å². The molecule has 2 aromatic heterocycles. The van der Waals surface area contributed by atoms with Gasteiger partial charge < -0.3 is 9.52 Å². The van der Waals surface area contributed by atoms with Gasteiger partial charge in [0.25, 0.3) is 0 Å². The van der Waals surface area contributed by atoms with Crippen molar-refractivity contribution in [3.8, 4) is 0 Å². The zero-order valence-corrected chi connectivity index (χ0v) is 13.0. The number of rotatable bonds is 5. The lowest BCUT2D eigenvalue weighted by Gasteiger charge is -2.11. The van der Waals surface area contributed by atoms with Crippen molar-refractivity contribution >= 4 is 21.4 Å². The standard InChI is InChI=1S/C12H16N2O4S2/c1-7-6-19-12(13-7)8(2)14-20(16,17)11-4-10(5-15)18-9(11)3/h4,6,8,14-15H,5H2,1-3H3. The second-order valence-electron chi connectivity index (χ2n) is 4.46. The van der Waals surface area contributed by atoms with Crippen LogP contribution in [0.4, 0.5) is 0 Å². The molecule has 0 fully saturated rings. The van der Waals surface area contributed by atoms with Crippen LogP contribution in [0.5, 0.6) is 0 Å². The van der Waals surface area contributed by atoms with Crippen molar-refractivity contribution in [2.45, 2.75) is 38.3 Å². The highest BCUT2D eigenvalue weighted by molar-refractivity contribution is 7.89. The molecule has 0 aliphatic heterocycles. The molecular weight excluding hydrogens is 300 g/mol. The molecule has 0 spiro atoms. The highest BCUT2D eigenvalue weighted by Gasteiger charge is 2.24. The van der Waals surface area contributed by atoms with Crippen LogP contribution < -0.4 is 4.72 Å². The fourth-order valence-electron chi connectivity index (χ4n) is 1.79. The molecule has 0 saturated heterocycles. The summed E-state index contributed by atoms with van der Waals surface area (Å²) < 4.78 is 32.3. The fraction of sp³-hybridized carbons (Fsp3) is 0.417. The monoisotopic (exact) mass is 316 g/mol. The molecule has 2 rings (SSSR count). The molecular formula is C12H16N2O4S2. The number of thiazole rings is 1. The molecule has 8 heteroatoms. The van der Waals surface area contributed by atoms with Crippen molar-refractivity contribution in [1.29, 1.82) is 0 Å². The number of sulfonamides is 1. The normalized spacial score (nSPS) is 13.6. The summed E-state index contributed by atoms with van der Waals surface area (Å²) >= 11 is 1.41. The van der Waals surface area contributed by atoms with E-state index in [0.717, 1.165) is 5.69 Å². The van der Waals surface area contributed by atoms with Crippen LogP contribution in [0.15, 0.2) is 20.8 Å². The lowest BCUT2D eigenvalue weighted by Crippen LogP contribution is -2.27. The maximum absolute atomic E-state index is 12.3. The molecule has 0 radical (unpaired) electrons. The summed E-state index contributed by atoms with van der Waals surface area (Å²) in [7, 11) is -3.71. The van der Waals surface area contributed by atoms with Crippen LogP contribution in [0.1, 0.15) is 35.2 Å². The van der Waals surface area contributed by atoms with Gasteiger partial charge in [-0.2, -0.15) is 0 Å². The first-order chi connectivity index (χ1) is 9.33. The SMILES string of the molecule is Cc1csc(C(C)NS(=O)(=O)c2cc(CO)oc2C)n1. The van der Waals surface area contributed by atoms with Gasteiger partial charge in [0.15, 0.2) is 0 Å². The second-order valence-corrected chi connectivity index (χ2v) is 7.03. The van der Waals surface area contributed by atoms with Crippen molar-refractivity contribution in [2.24, 2.45) is 0 Å². The van der Waals surface area contributed by atoms with Gasteiger partial charge in [-0.05, 0) is 20.8 Å². The molecule has 1 unspecified atom stereocenters. The average molecular weight is 316 g/mol. The molecule has 0 aliphatic carbocycles. The Bertz CT molecular complexity index is 703. The minimum atomic E-state index is -3.71. The van der Waals surface area contributed by atoms with Crippen LogP contribution in [0.25, 0.3) is 0 Å². The zero-order chi connectivity index (χ0) is 14.9. The first-order valence-electron chi connectivity index (χ1n) is 5.98. The maximum atomic E-state index is 12.3. The third-order valence-electron chi connectivity index (χ3n) is 2.71. The van der Waals surface area contributed by atoms with Crippen molar-refractivity contribution in [3.63, 3.8) is 0 Å². The van der Waals surface area contributed by atoms with Crippen molar-refractivity contribution in [1.82, 2.24) is 9.71 Å². The molecule has 2 aromatic rings. The predicted molar refractivity (Wildman–Crippen MR) is 75.0 cm³/mol. The van der Waals surface area contributed by atoms with E-state index in [-0.39, 0.29) is 23.0 Å². The summed E-state index contributed by atoms with van der Waals surface area (Å²) in [6.45, 7) is 4.80. The molecule has 2 N–H and O–H groups in total. The third kappa shape index (κ3) is 3.09. The zero-order valence-electron chi connectivity index (χ0n) is 11.4. The number of aliphatic hydroxyl groups excluding tert-OH is 1. The van der Waals surface area contributed by atoms with Crippen LogP contribution in [0.2, 0.25) is 0 Å². The summed E-state index contributed by atoms with van der Waals surface area (Å²) in [5, 5.41) is 11.6. The maximum Gasteiger partial charge on any atom is 0.244 e. The molecule has 110 valence electrons. The Morgan fingerprint density at radius 2 is 2.20 bits per heavy atom. The highest BCUT2D eigenvalue weighted by Crippen LogP contribution is 2.24. The Balaban J connectivity index is 2.24. The highest BCUT2D eigenvalue weighted by atomic mass is 32.2. The predicted octanol–water partition coefficient (Wildman–Crippen LogP) is 1.88. The van der Waals surface area contributed by atoms with E-state index in [9.17, 15) is 8.42 Å². The Labute approximate surface area is 121 Å². The van der Waals surface area contributed by atoms with E-state index < -0.39 is 16.1 Å². The van der Waals surface area contributed by atoms with Gasteiger partial charge in [-0.25, -0.2) is 18.1 Å². The van der Waals surface area contributed by atoms with E-state index in [2.05, 4.69) is 9.71 Å².